The first-order chi connectivity index (χ1) is 26.1. The van der Waals surface area contributed by atoms with Gasteiger partial charge in [-0.3, -0.25) is 0 Å². The van der Waals surface area contributed by atoms with E-state index in [2.05, 4.69) is 77.3 Å². The molecule has 302 valence electrons. The Morgan fingerprint density at radius 3 is 1.09 bits per heavy atom. The number of unbranched alkanes of at least 4 members (excludes halogenated alkanes) is 5. The minimum absolute atomic E-state index is 0.183. The molecule has 2 aromatic rings. The van der Waals surface area contributed by atoms with E-state index in [-0.39, 0.29) is 26.4 Å². The molecular weight excluding hydrogens is 680 g/mol. The zero-order valence-electron chi connectivity index (χ0n) is 34.4. The minimum Gasteiger partial charge on any atom is -0.490 e. The van der Waals surface area contributed by atoms with E-state index in [9.17, 15) is 9.59 Å². The van der Waals surface area contributed by atoms with Crippen molar-refractivity contribution in [1.29, 1.82) is 0 Å². The summed E-state index contributed by atoms with van der Waals surface area (Å²) in [4.78, 5) is 24.8. The lowest BCUT2D eigenvalue weighted by Crippen LogP contribution is -2.30. The standard InChI is InChI=1S/C46H70O8/c1-9-13-19-37-25-38(20-14-10-2)28-41(27-37)51-33-43(53-45(47)35(5)6)31-49-23-17-18-24-50-32-44(54-46(48)36(7)8)34-52-42-29-39(21-15-11-3)26-40(30-42)22-16-12-4/h25-30,43-44H,5,7,9-24,31-34H2,1-4,6,8H3. The Morgan fingerprint density at radius 1 is 0.500 bits per heavy atom. The van der Waals surface area contributed by atoms with E-state index in [1.807, 2.05) is 0 Å². The van der Waals surface area contributed by atoms with Gasteiger partial charge in [0.1, 0.15) is 24.7 Å². The number of ether oxygens (including phenoxy) is 6. The van der Waals surface area contributed by atoms with Gasteiger partial charge in [-0.05, 0) is 125 Å². The number of carbonyl (C=O) groups excluding carboxylic acids is 2. The summed E-state index contributed by atoms with van der Waals surface area (Å²) in [6.45, 7) is 21.2. The highest BCUT2D eigenvalue weighted by molar-refractivity contribution is 5.87. The zero-order valence-corrected chi connectivity index (χ0v) is 34.4. The second-order valence-electron chi connectivity index (χ2n) is 14.5. The number of carbonyl (C=O) groups is 2. The van der Waals surface area contributed by atoms with Gasteiger partial charge in [-0.1, -0.05) is 78.7 Å². The second-order valence-corrected chi connectivity index (χ2v) is 14.5. The van der Waals surface area contributed by atoms with E-state index in [0.717, 1.165) is 101 Å². The molecule has 0 radical (unpaired) electrons. The van der Waals surface area contributed by atoms with E-state index in [1.165, 1.54) is 22.3 Å². The summed E-state index contributed by atoms with van der Waals surface area (Å²) in [5.41, 5.74) is 5.74. The molecule has 0 bridgehead atoms. The fraction of sp³-hybridized carbons (Fsp3) is 0.609. The molecule has 2 atom stereocenters. The topological polar surface area (TPSA) is 89.5 Å². The van der Waals surface area contributed by atoms with Gasteiger partial charge in [0.25, 0.3) is 0 Å². The smallest absolute Gasteiger partial charge is 0.333 e. The Labute approximate surface area is 327 Å². The van der Waals surface area contributed by atoms with Crippen LogP contribution in [0.1, 0.15) is 128 Å². The Bertz CT molecular complexity index is 1240. The van der Waals surface area contributed by atoms with Crippen LogP contribution in [0.2, 0.25) is 0 Å². The van der Waals surface area contributed by atoms with E-state index in [1.54, 1.807) is 13.8 Å². The predicted octanol–water partition coefficient (Wildman–Crippen LogP) is 10.3. The third-order valence-corrected chi connectivity index (χ3v) is 8.88. The van der Waals surface area contributed by atoms with Crippen LogP contribution in [-0.2, 0) is 54.2 Å². The summed E-state index contributed by atoms with van der Waals surface area (Å²) in [5, 5.41) is 0. The molecule has 0 amide bonds. The van der Waals surface area contributed by atoms with Crippen molar-refractivity contribution in [3.63, 3.8) is 0 Å². The van der Waals surface area contributed by atoms with Gasteiger partial charge in [0, 0.05) is 24.4 Å². The van der Waals surface area contributed by atoms with Gasteiger partial charge in [0.2, 0.25) is 0 Å². The monoisotopic (exact) mass is 751 g/mol. The molecule has 0 aliphatic carbocycles. The van der Waals surface area contributed by atoms with Gasteiger partial charge < -0.3 is 28.4 Å². The summed E-state index contributed by atoms with van der Waals surface area (Å²) in [6.07, 6.45) is 13.4. The molecule has 0 N–H and O–H groups in total. The molecule has 54 heavy (non-hydrogen) atoms. The highest BCUT2D eigenvalue weighted by atomic mass is 16.6. The van der Waals surface area contributed by atoms with E-state index < -0.39 is 24.1 Å². The van der Waals surface area contributed by atoms with E-state index >= 15 is 0 Å². The molecular formula is C46H70O8. The molecule has 0 heterocycles. The summed E-state index contributed by atoms with van der Waals surface area (Å²) in [5.74, 6) is 0.650. The van der Waals surface area contributed by atoms with Crippen LogP contribution >= 0.6 is 0 Å². The molecule has 0 aromatic heterocycles. The van der Waals surface area contributed by atoms with Crippen molar-refractivity contribution < 1.29 is 38.0 Å². The number of hydrogen-bond acceptors (Lipinski definition) is 8. The Hall–Kier alpha value is -3.62. The summed E-state index contributed by atoms with van der Waals surface area (Å²) in [6, 6.07) is 12.9. The average molecular weight is 751 g/mol. The van der Waals surface area contributed by atoms with Gasteiger partial charge in [-0.2, -0.15) is 0 Å². The lowest BCUT2D eigenvalue weighted by atomic mass is 10.0. The van der Waals surface area contributed by atoms with Crippen molar-refractivity contribution in [3.8, 4) is 11.5 Å². The predicted molar refractivity (Wildman–Crippen MR) is 219 cm³/mol. The molecule has 0 spiro atoms. The van der Waals surface area contributed by atoms with E-state index in [0.29, 0.717) is 24.4 Å². The Kier molecular flexibility index (Phi) is 24.0. The molecule has 0 aliphatic rings. The minimum atomic E-state index is -0.581. The number of aryl methyl sites for hydroxylation is 4. The fourth-order valence-corrected chi connectivity index (χ4v) is 5.68. The largest absolute Gasteiger partial charge is 0.490 e. The molecule has 0 fully saturated rings. The fourth-order valence-electron chi connectivity index (χ4n) is 5.68. The molecule has 2 unspecified atom stereocenters. The van der Waals surface area contributed by atoms with Crippen LogP contribution in [0.5, 0.6) is 11.5 Å². The number of rotatable bonds is 31. The first-order valence-corrected chi connectivity index (χ1v) is 20.5. The van der Waals surface area contributed by atoms with Crippen LogP contribution < -0.4 is 9.47 Å². The lowest BCUT2D eigenvalue weighted by Gasteiger charge is -2.20. The maximum Gasteiger partial charge on any atom is 0.333 e. The SMILES string of the molecule is C=C(C)C(=O)OC(COCCCCOCC(COc1cc(CCCC)cc(CCCC)c1)OC(=O)C(=C)C)COc1cc(CCCC)cc(CCCC)c1. The van der Waals surface area contributed by atoms with Gasteiger partial charge in [-0.25, -0.2) is 9.59 Å². The quantitative estimate of drug-likeness (QED) is 0.0428. The highest BCUT2D eigenvalue weighted by Crippen LogP contribution is 2.23. The zero-order chi connectivity index (χ0) is 39.6. The van der Waals surface area contributed by atoms with Crippen molar-refractivity contribution in [1.82, 2.24) is 0 Å². The third kappa shape index (κ3) is 20.2. The van der Waals surface area contributed by atoms with Crippen molar-refractivity contribution >= 4 is 11.9 Å². The number of hydrogen-bond donors (Lipinski definition) is 0. The first kappa shape index (κ1) is 46.5. The van der Waals surface area contributed by atoms with Crippen LogP contribution in [-0.4, -0.2) is 63.8 Å². The second kappa shape index (κ2) is 27.9. The highest BCUT2D eigenvalue weighted by Gasteiger charge is 2.19. The third-order valence-electron chi connectivity index (χ3n) is 8.88. The summed E-state index contributed by atoms with van der Waals surface area (Å²) < 4.78 is 35.6. The van der Waals surface area contributed by atoms with Crippen LogP contribution in [0.3, 0.4) is 0 Å². The first-order valence-electron chi connectivity index (χ1n) is 20.5. The lowest BCUT2D eigenvalue weighted by molar-refractivity contribution is -0.150. The molecule has 2 rings (SSSR count). The van der Waals surface area contributed by atoms with Crippen molar-refractivity contribution in [2.24, 2.45) is 0 Å². The average Bonchev–Trinajstić information content (AvgIpc) is 3.16. The maximum absolute atomic E-state index is 12.4. The molecule has 2 aromatic carbocycles. The van der Waals surface area contributed by atoms with Gasteiger partial charge in [-0.15, -0.1) is 0 Å². The van der Waals surface area contributed by atoms with Crippen molar-refractivity contribution in [3.05, 3.63) is 83.0 Å². The van der Waals surface area contributed by atoms with Crippen LogP contribution in [0.4, 0.5) is 0 Å². The van der Waals surface area contributed by atoms with Crippen molar-refractivity contribution in [2.45, 2.75) is 144 Å². The Balaban J connectivity index is 1.89. The molecule has 0 saturated carbocycles. The number of esters is 2. The Morgan fingerprint density at radius 2 is 0.815 bits per heavy atom. The van der Waals surface area contributed by atoms with Gasteiger partial charge in [0.05, 0.1) is 13.2 Å². The van der Waals surface area contributed by atoms with Gasteiger partial charge in [0.15, 0.2) is 12.2 Å². The molecule has 8 heteroatoms. The summed E-state index contributed by atoms with van der Waals surface area (Å²) >= 11 is 0. The van der Waals surface area contributed by atoms with Crippen LogP contribution in [0.15, 0.2) is 60.7 Å². The van der Waals surface area contributed by atoms with Crippen molar-refractivity contribution in [2.75, 3.05) is 39.6 Å². The van der Waals surface area contributed by atoms with Gasteiger partial charge >= 0.3 is 11.9 Å². The summed E-state index contributed by atoms with van der Waals surface area (Å²) in [7, 11) is 0. The van der Waals surface area contributed by atoms with E-state index in [4.69, 9.17) is 28.4 Å². The molecule has 8 nitrogen and oxygen atoms in total. The van der Waals surface area contributed by atoms with Crippen LogP contribution in [0.25, 0.3) is 0 Å². The molecule has 0 aliphatic heterocycles. The number of benzene rings is 2. The maximum atomic E-state index is 12.4. The normalized spacial score (nSPS) is 12.2. The molecule has 0 saturated heterocycles. The van der Waals surface area contributed by atoms with Crippen LogP contribution in [0, 0.1) is 0 Å².